The molecule has 0 aliphatic rings. The summed E-state index contributed by atoms with van der Waals surface area (Å²) < 4.78 is 0. The molecule has 0 spiro atoms. The second-order valence-corrected chi connectivity index (χ2v) is 6.54. The maximum Gasteiger partial charge on any atom is 0.265 e. The van der Waals surface area contributed by atoms with E-state index in [-0.39, 0.29) is 18.4 Å². The number of anilines is 1. The number of carbonyl (C=O) groups is 2. The predicted molar refractivity (Wildman–Crippen MR) is 96.6 cm³/mol. The van der Waals surface area contributed by atoms with Crippen LogP contribution < -0.4 is 10.6 Å². The molecular formula is C18H22N2O3S. The Hall–Kier alpha value is -2.18. The summed E-state index contributed by atoms with van der Waals surface area (Å²) >= 11 is 1.34. The minimum Gasteiger partial charge on any atom is -0.388 e. The van der Waals surface area contributed by atoms with Crippen LogP contribution in [-0.4, -0.2) is 29.1 Å². The van der Waals surface area contributed by atoms with Gasteiger partial charge in [-0.1, -0.05) is 32.0 Å². The second kappa shape index (κ2) is 8.08. The highest BCUT2D eigenvalue weighted by atomic mass is 32.1. The van der Waals surface area contributed by atoms with Crippen molar-refractivity contribution < 1.29 is 14.7 Å². The zero-order chi connectivity index (χ0) is 17.6. The largest absolute Gasteiger partial charge is 0.388 e. The van der Waals surface area contributed by atoms with Crippen molar-refractivity contribution in [2.24, 2.45) is 0 Å². The van der Waals surface area contributed by atoms with Gasteiger partial charge in [0.15, 0.2) is 0 Å². The van der Waals surface area contributed by atoms with Crippen molar-refractivity contribution in [2.45, 2.75) is 32.3 Å². The van der Waals surface area contributed by atoms with E-state index in [1.54, 1.807) is 36.4 Å². The number of rotatable bonds is 7. The predicted octanol–water partition coefficient (Wildman–Crippen LogP) is 3.28. The number of amides is 2. The van der Waals surface area contributed by atoms with Crippen LogP contribution in [0.3, 0.4) is 0 Å². The van der Waals surface area contributed by atoms with Gasteiger partial charge in [0.2, 0.25) is 0 Å². The maximum atomic E-state index is 12.4. The number of para-hydroxylation sites is 1. The molecule has 0 aliphatic heterocycles. The van der Waals surface area contributed by atoms with Crippen LogP contribution in [0.4, 0.5) is 5.69 Å². The normalized spacial score (nSPS) is 11.1. The first-order valence-corrected chi connectivity index (χ1v) is 8.81. The summed E-state index contributed by atoms with van der Waals surface area (Å²) in [6.45, 7) is 3.93. The molecule has 128 valence electrons. The molecule has 0 unspecified atom stereocenters. The van der Waals surface area contributed by atoms with E-state index in [1.165, 1.54) is 11.3 Å². The number of aliphatic hydroxyl groups is 1. The molecule has 0 bridgehead atoms. The van der Waals surface area contributed by atoms with E-state index in [0.29, 0.717) is 29.0 Å². The van der Waals surface area contributed by atoms with Gasteiger partial charge < -0.3 is 15.7 Å². The van der Waals surface area contributed by atoms with Crippen LogP contribution in [0.5, 0.6) is 0 Å². The molecule has 2 amide bonds. The van der Waals surface area contributed by atoms with Gasteiger partial charge in [-0.05, 0) is 36.4 Å². The molecule has 0 saturated carbocycles. The highest BCUT2D eigenvalue weighted by Crippen LogP contribution is 2.19. The van der Waals surface area contributed by atoms with Gasteiger partial charge in [0, 0.05) is 6.54 Å². The van der Waals surface area contributed by atoms with Gasteiger partial charge in [0.1, 0.15) is 0 Å². The Morgan fingerprint density at radius 3 is 2.42 bits per heavy atom. The van der Waals surface area contributed by atoms with Gasteiger partial charge in [0.25, 0.3) is 11.8 Å². The van der Waals surface area contributed by atoms with Gasteiger partial charge in [-0.3, -0.25) is 9.59 Å². The van der Waals surface area contributed by atoms with Crippen molar-refractivity contribution >= 4 is 28.8 Å². The molecule has 1 aromatic carbocycles. The maximum absolute atomic E-state index is 12.4. The lowest BCUT2D eigenvalue weighted by Crippen LogP contribution is -2.42. The molecular weight excluding hydrogens is 324 g/mol. The summed E-state index contributed by atoms with van der Waals surface area (Å²) in [7, 11) is 0. The zero-order valence-electron chi connectivity index (χ0n) is 13.8. The third kappa shape index (κ3) is 4.43. The van der Waals surface area contributed by atoms with Crippen LogP contribution >= 0.6 is 11.3 Å². The Balaban J connectivity index is 2.10. The Bertz CT molecular complexity index is 694. The highest BCUT2D eigenvalue weighted by Gasteiger charge is 2.23. The summed E-state index contributed by atoms with van der Waals surface area (Å²) in [5, 5.41) is 17.6. The number of thiophene rings is 1. The lowest BCUT2D eigenvalue weighted by Gasteiger charge is -2.25. The summed E-state index contributed by atoms with van der Waals surface area (Å²) in [4.78, 5) is 25.2. The minimum atomic E-state index is -0.912. The van der Waals surface area contributed by atoms with Crippen LogP contribution in [0.25, 0.3) is 0 Å². The summed E-state index contributed by atoms with van der Waals surface area (Å²) in [5.74, 6) is -0.568. The van der Waals surface area contributed by atoms with Crippen LogP contribution in [0.2, 0.25) is 0 Å². The Kier molecular flexibility index (Phi) is 6.11. The Morgan fingerprint density at radius 1 is 1.08 bits per heavy atom. The molecule has 24 heavy (non-hydrogen) atoms. The molecule has 0 radical (unpaired) electrons. The summed E-state index contributed by atoms with van der Waals surface area (Å²) in [5.41, 5.74) is -0.0907. The molecule has 1 heterocycles. The van der Waals surface area contributed by atoms with Gasteiger partial charge in [-0.25, -0.2) is 0 Å². The van der Waals surface area contributed by atoms with Crippen molar-refractivity contribution in [1.82, 2.24) is 5.32 Å². The average Bonchev–Trinajstić information content (AvgIpc) is 3.14. The first-order valence-electron chi connectivity index (χ1n) is 7.93. The van der Waals surface area contributed by atoms with E-state index in [9.17, 15) is 14.7 Å². The van der Waals surface area contributed by atoms with E-state index < -0.39 is 5.60 Å². The van der Waals surface area contributed by atoms with Gasteiger partial charge in [-0.2, -0.15) is 0 Å². The third-order valence-electron chi connectivity index (χ3n) is 4.06. The monoisotopic (exact) mass is 346 g/mol. The van der Waals surface area contributed by atoms with E-state index in [2.05, 4.69) is 10.6 Å². The van der Waals surface area contributed by atoms with Gasteiger partial charge in [0.05, 0.1) is 21.7 Å². The Labute approximate surface area is 145 Å². The molecule has 2 rings (SSSR count). The molecule has 0 saturated heterocycles. The van der Waals surface area contributed by atoms with Gasteiger partial charge in [-0.15, -0.1) is 11.3 Å². The fraction of sp³-hybridized carbons (Fsp3) is 0.333. The molecule has 0 aliphatic carbocycles. The first-order chi connectivity index (χ1) is 11.5. The first kappa shape index (κ1) is 18.2. The summed E-state index contributed by atoms with van der Waals surface area (Å²) in [6.07, 6.45) is 1.11. The lowest BCUT2D eigenvalue weighted by molar-refractivity contribution is 0.0314. The molecule has 6 heteroatoms. The van der Waals surface area contributed by atoms with Crippen LogP contribution in [-0.2, 0) is 0 Å². The van der Waals surface area contributed by atoms with Crippen LogP contribution in [0.15, 0.2) is 41.8 Å². The van der Waals surface area contributed by atoms with E-state index >= 15 is 0 Å². The zero-order valence-corrected chi connectivity index (χ0v) is 14.7. The van der Waals surface area contributed by atoms with Crippen molar-refractivity contribution in [3.63, 3.8) is 0 Å². The molecule has 3 N–H and O–H groups in total. The molecule has 0 fully saturated rings. The number of nitrogens with one attached hydrogen (secondary N) is 2. The fourth-order valence-electron chi connectivity index (χ4n) is 2.22. The van der Waals surface area contributed by atoms with Crippen molar-refractivity contribution in [2.75, 3.05) is 11.9 Å². The SMILES string of the molecule is CCC(O)(CC)CNC(=O)c1ccccc1NC(=O)c1cccs1. The number of carbonyl (C=O) groups excluding carboxylic acids is 2. The fourth-order valence-corrected chi connectivity index (χ4v) is 2.84. The van der Waals surface area contributed by atoms with Crippen molar-refractivity contribution in [1.29, 1.82) is 0 Å². The van der Waals surface area contributed by atoms with E-state index in [1.807, 2.05) is 19.2 Å². The highest BCUT2D eigenvalue weighted by molar-refractivity contribution is 7.12. The van der Waals surface area contributed by atoms with E-state index in [0.717, 1.165) is 0 Å². The number of hydrogen-bond donors (Lipinski definition) is 3. The van der Waals surface area contributed by atoms with Crippen molar-refractivity contribution in [3.05, 3.63) is 52.2 Å². The quantitative estimate of drug-likeness (QED) is 0.720. The van der Waals surface area contributed by atoms with Gasteiger partial charge >= 0.3 is 0 Å². The topological polar surface area (TPSA) is 78.4 Å². The molecule has 2 aromatic rings. The second-order valence-electron chi connectivity index (χ2n) is 5.59. The van der Waals surface area contributed by atoms with Crippen molar-refractivity contribution in [3.8, 4) is 0 Å². The smallest absolute Gasteiger partial charge is 0.265 e. The number of hydrogen-bond acceptors (Lipinski definition) is 4. The lowest BCUT2D eigenvalue weighted by atomic mass is 9.97. The van der Waals surface area contributed by atoms with Crippen LogP contribution in [0, 0.1) is 0 Å². The Morgan fingerprint density at radius 2 is 1.79 bits per heavy atom. The average molecular weight is 346 g/mol. The molecule has 1 aromatic heterocycles. The van der Waals surface area contributed by atoms with E-state index in [4.69, 9.17) is 0 Å². The number of benzene rings is 1. The standard InChI is InChI=1S/C18H22N2O3S/c1-3-18(23,4-2)12-19-16(21)13-8-5-6-9-14(13)20-17(22)15-10-7-11-24-15/h5-11,23H,3-4,12H2,1-2H3,(H,19,21)(H,20,22). The molecule has 0 atom stereocenters. The summed E-state index contributed by atoms with van der Waals surface area (Å²) in [6, 6.07) is 10.4. The third-order valence-corrected chi connectivity index (χ3v) is 4.93. The minimum absolute atomic E-state index is 0.173. The molecule has 5 nitrogen and oxygen atoms in total. The van der Waals surface area contributed by atoms with Crippen LogP contribution in [0.1, 0.15) is 46.7 Å².